The normalized spacial score (nSPS) is 19.4. The molecule has 1 fully saturated rings. The van der Waals surface area contributed by atoms with Crippen LogP contribution < -0.4 is 5.32 Å². The third kappa shape index (κ3) is 40.1. The fourth-order valence-electron chi connectivity index (χ4n) is 9.96. The van der Waals surface area contributed by atoms with E-state index in [2.05, 4.69) is 43.5 Å². The van der Waals surface area contributed by atoms with E-state index in [0.29, 0.717) is 12.8 Å². The molecule has 70 heavy (non-hydrogen) atoms. The van der Waals surface area contributed by atoms with Crippen LogP contribution in [0.1, 0.15) is 303 Å². The molecule has 1 aliphatic heterocycles. The van der Waals surface area contributed by atoms with Crippen LogP contribution in [0.5, 0.6) is 0 Å². The minimum absolute atomic E-state index is 0.134. The number of carbonyl (C=O) groups excluding carboxylic acids is 1. The summed E-state index contributed by atoms with van der Waals surface area (Å²) in [5, 5.41) is 54.3. The van der Waals surface area contributed by atoms with Gasteiger partial charge in [0.2, 0.25) is 5.91 Å². The summed E-state index contributed by atoms with van der Waals surface area (Å²) in [7, 11) is 0. The van der Waals surface area contributed by atoms with Crippen molar-refractivity contribution in [3.63, 3.8) is 0 Å². The Balaban J connectivity index is 1.96. The van der Waals surface area contributed by atoms with Crippen LogP contribution in [0.4, 0.5) is 0 Å². The third-order valence-electron chi connectivity index (χ3n) is 14.8. The molecule has 414 valence electrons. The molecule has 7 unspecified atom stereocenters. The summed E-state index contributed by atoms with van der Waals surface area (Å²) < 4.78 is 11.3. The number of unbranched alkanes of at least 4 members (excludes halogenated alkanes) is 39. The van der Waals surface area contributed by atoms with Crippen LogP contribution in [0, 0.1) is 0 Å². The summed E-state index contributed by atoms with van der Waals surface area (Å²) in [5.74, 6) is -0.142. The summed E-state index contributed by atoms with van der Waals surface area (Å²) >= 11 is 0. The van der Waals surface area contributed by atoms with E-state index in [1.165, 1.54) is 231 Å². The largest absolute Gasteiger partial charge is 0.394 e. The Hall–Kier alpha value is -1.33. The predicted molar refractivity (Wildman–Crippen MR) is 295 cm³/mol. The highest BCUT2D eigenvalue weighted by Crippen LogP contribution is 2.23. The Morgan fingerprint density at radius 3 is 1.23 bits per heavy atom. The zero-order valence-corrected chi connectivity index (χ0v) is 46.0. The molecule has 0 aromatic rings. The molecule has 0 aromatic heterocycles. The Kier molecular flexibility index (Phi) is 48.7. The standard InChI is InChI=1S/C61H117NO8/c1-3-5-7-9-11-13-14-15-16-17-18-19-20-21-22-23-24-25-26-27-28-29-30-31-32-33-34-35-36-37-38-39-40-41-42-43-45-47-49-51-57(65)62-54(55(64)50-48-46-44-12-10-8-6-4-2)53-69-61-60(68)59(67)58(66)56(52-63)70-61/h14-15,17-18,54-56,58-61,63-64,66-68H,3-13,16,19-53H2,1-2H3,(H,62,65)/b15-14-,18-17-. The van der Waals surface area contributed by atoms with Crippen molar-refractivity contribution in [2.75, 3.05) is 13.2 Å². The van der Waals surface area contributed by atoms with Crippen LogP contribution in [-0.4, -0.2) is 87.5 Å². The average molecular weight is 993 g/mol. The van der Waals surface area contributed by atoms with Crippen LogP contribution >= 0.6 is 0 Å². The smallest absolute Gasteiger partial charge is 0.220 e. The Morgan fingerprint density at radius 2 is 0.843 bits per heavy atom. The molecule has 9 nitrogen and oxygen atoms in total. The van der Waals surface area contributed by atoms with Gasteiger partial charge in [-0.1, -0.05) is 276 Å². The highest BCUT2D eigenvalue weighted by atomic mass is 16.7. The lowest BCUT2D eigenvalue weighted by atomic mass is 9.99. The molecule has 1 heterocycles. The lowest BCUT2D eigenvalue weighted by Crippen LogP contribution is -2.60. The van der Waals surface area contributed by atoms with E-state index in [1.54, 1.807) is 0 Å². The van der Waals surface area contributed by atoms with Crippen molar-refractivity contribution < 1.29 is 39.8 Å². The van der Waals surface area contributed by atoms with Crippen molar-refractivity contribution in [1.82, 2.24) is 5.32 Å². The lowest BCUT2D eigenvalue weighted by molar-refractivity contribution is -0.302. The quantitative estimate of drug-likeness (QED) is 0.0261. The summed E-state index contributed by atoms with van der Waals surface area (Å²) in [6.07, 6.45) is 58.5. The number of nitrogens with one attached hydrogen (secondary N) is 1. The number of rotatable bonds is 53. The van der Waals surface area contributed by atoms with Crippen molar-refractivity contribution in [3.8, 4) is 0 Å². The van der Waals surface area contributed by atoms with Gasteiger partial charge in [-0.3, -0.25) is 4.79 Å². The topological polar surface area (TPSA) is 149 Å². The van der Waals surface area contributed by atoms with Crippen LogP contribution in [0.25, 0.3) is 0 Å². The number of ether oxygens (including phenoxy) is 2. The van der Waals surface area contributed by atoms with E-state index in [1.807, 2.05) is 0 Å². The molecule has 6 N–H and O–H groups in total. The number of aliphatic hydroxyl groups excluding tert-OH is 5. The van der Waals surface area contributed by atoms with Crippen molar-refractivity contribution in [3.05, 3.63) is 24.3 Å². The second-order valence-corrected chi connectivity index (χ2v) is 21.5. The van der Waals surface area contributed by atoms with Gasteiger partial charge >= 0.3 is 0 Å². The van der Waals surface area contributed by atoms with Gasteiger partial charge in [-0.05, 0) is 44.9 Å². The van der Waals surface area contributed by atoms with Gasteiger partial charge in [0.15, 0.2) is 6.29 Å². The second kappa shape index (κ2) is 51.2. The van der Waals surface area contributed by atoms with Crippen molar-refractivity contribution in [1.29, 1.82) is 0 Å². The monoisotopic (exact) mass is 992 g/mol. The molecule has 1 amide bonds. The summed E-state index contributed by atoms with van der Waals surface area (Å²) in [5.41, 5.74) is 0. The summed E-state index contributed by atoms with van der Waals surface area (Å²) in [6.45, 7) is 3.81. The average Bonchev–Trinajstić information content (AvgIpc) is 3.36. The molecule has 0 saturated carbocycles. The van der Waals surface area contributed by atoms with Gasteiger partial charge < -0.3 is 40.3 Å². The van der Waals surface area contributed by atoms with Crippen LogP contribution in [0.3, 0.4) is 0 Å². The number of hydrogen-bond donors (Lipinski definition) is 6. The SMILES string of the molecule is CCCCCCC/C=C\C/C=C\CCCCCCCCCCCCCCCCCCCCCCCCCCCCCC(=O)NC(COC1OC(CO)C(O)C(O)C1O)C(O)CCCCCCCCCC. The number of allylic oxidation sites excluding steroid dienone is 4. The molecule has 9 heteroatoms. The molecule has 0 aromatic carbocycles. The Labute approximate surface area is 432 Å². The third-order valence-corrected chi connectivity index (χ3v) is 14.8. The molecule has 0 bridgehead atoms. The predicted octanol–water partition coefficient (Wildman–Crippen LogP) is 15.4. The molecule has 1 rings (SSSR count). The van der Waals surface area contributed by atoms with E-state index in [9.17, 15) is 30.3 Å². The van der Waals surface area contributed by atoms with E-state index in [-0.39, 0.29) is 12.5 Å². The highest BCUT2D eigenvalue weighted by Gasteiger charge is 2.44. The maximum Gasteiger partial charge on any atom is 0.220 e. The zero-order chi connectivity index (χ0) is 50.8. The molecule has 0 radical (unpaired) electrons. The minimum atomic E-state index is -1.55. The number of carbonyl (C=O) groups is 1. The van der Waals surface area contributed by atoms with E-state index >= 15 is 0 Å². The summed E-state index contributed by atoms with van der Waals surface area (Å²) in [6, 6.07) is -0.713. The fourth-order valence-corrected chi connectivity index (χ4v) is 9.96. The molecule has 0 aliphatic carbocycles. The van der Waals surface area contributed by atoms with Crippen molar-refractivity contribution in [2.24, 2.45) is 0 Å². The first-order valence-corrected chi connectivity index (χ1v) is 30.5. The zero-order valence-electron chi connectivity index (χ0n) is 46.0. The lowest BCUT2D eigenvalue weighted by Gasteiger charge is -2.40. The van der Waals surface area contributed by atoms with Gasteiger partial charge in [0.05, 0.1) is 25.4 Å². The number of amides is 1. The molecule has 1 saturated heterocycles. The van der Waals surface area contributed by atoms with Crippen molar-refractivity contribution >= 4 is 5.91 Å². The summed E-state index contributed by atoms with van der Waals surface area (Å²) in [4.78, 5) is 13.0. The molecular weight excluding hydrogens is 875 g/mol. The van der Waals surface area contributed by atoms with Crippen LogP contribution in [0.2, 0.25) is 0 Å². The first-order chi connectivity index (χ1) is 34.3. The van der Waals surface area contributed by atoms with Gasteiger partial charge in [-0.15, -0.1) is 0 Å². The van der Waals surface area contributed by atoms with Crippen LogP contribution in [-0.2, 0) is 14.3 Å². The van der Waals surface area contributed by atoms with Gasteiger partial charge in [0.1, 0.15) is 24.4 Å². The van der Waals surface area contributed by atoms with E-state index in [0.717, 1.165) is 44.9 Å². The van der Waals surface area contributed by atoms with E-state index in [4.69, 9.17) is 9.47 Å². The first kappa shape index (κ1) is 66.7. The molecular formula is C61H117NO8. The molecule has 0 spiro atoms. The van der Waals surface area contributed by atoms with E-state index < -0.39 is 49.5 Å². The molecule has 1 aliphatic rings. The second-order valence-electron chi connectivity index (χ2n) is 21.5. The van der Waals surface area contributed by atoms with Gasteiger partial charge in [-0.25, -0.2) is 0 Å². The van der Waals surface area contributed by atoms with Crippen LogP contribution in [0.15, 0.2) is 24.3 Å². The highest BCUT2D eigenvalue weighted by molar-refractivity contribution is 5.76. The Morgan fingerprint density at radius 1 is 0.486 bits per heavy atom. The molecule has 7 atom stereocenters. The van der Waals surface area contributed by atoms with Gasteiger partial charge in [-0.2, -0.15) is 0 Å². The van der Waals surface area contributed by atoms with Gasteiger partial charge in [0, 0.05) is 6.42 Å². The first-order valence-electron chi connectivity index (χ1n) is 30.5. The maximum absolute atomic E-state index is 13.0. The van der Waals surface area contributed by atoms with Crippen molar-refractivity contribution in [2.45, 2.75) is 346 Å². The maximum atomic E-state index is 13.0. The Bertz CT molecular complexity index is 1150. The fraction of sp³-hybridized carbons (Fsp3) is 0.918. The minimum Gasteiger partial charge on any atom is -0.394 e. The van der Waals surface area contributed by atoms with Gasteiger partial charge in [0.25, 0.3) is 0 Å². The number of aliphatic hydroxyl groups is 5. The number of hydrogen-bond acceptors (Lipinski definition) is 8.